The quantitative estimate of drug-likeness (QED) is 0.0148. The second-order valence-corrected chi connectivity index (χ2v) is 34.3. The van der Waals surface area contributed by atoms with Crippen LogP contribution in [0.25, 0.3) is 54.5 Å². The Kier molecular flexibility index (Phi) is 36.7. The lowest BCUT2D eigenvalue weighted by Crippen LogP contribution is -2.60. The highest BCUT2D eigenvalue weighted by Gasteiger charge is 2.37. The number of unbranched alkanes of at least 4 members (excludes halogenated alkanes) is 1. The van der Waals surface area contributed by atoms with Crippen LogP contribution in [0.3, 0.4) is 0 Å². The van der Waals surface area contributed by atoms with Gasteiger partial charge in [0, 0.05) is 156 Å². The van der Waals surface area contributed by atoms with Gasteiger partial charge < -0.3 is 127 Å². The van der Waals surface area contributed by atoms with Gasteiger partial charge in [-0.3, -0.25) is 77.9 Å². The molecule has 0 aliphatic rings. The van der Waals surface area contributed by atoms with Crippen LogP contribution in [0.2, 0.25) is 0 Å². The first kappa shape index (κ1) is 102. The minimum absolute atomic E-state index is 0.0140. The Balaban J connectivity index is 0.749. The summed E-state index contributed by atoms with van der Waals surface area (Å²) >= 11 is 0. The smallest absolute Gasteiger partial charge is 0.243 e. The number of H-pyrrole nitrogens is 5. The predicted octanol–water partition coefficient (Wildman–Crippen LogP) is 2.72. The number of hydrogen-bond acceptors (Lipinski definition) is 17. The maximum absolute atomic E-state index is 15.8. The molecule has 0 aliphatic carbocycles. The van der Waals surface area contributed by atoms with Crippen LogP contribution in [-0.2, 0) is 106 Å². The molecule has 40 nitrogen and oxygen atoms in total. The van der Waals surface area contributed by atoms with Crippen molar-refractivity contribution in [2.24, 2.45) is 22.9 Å². The average molecular weight is 1910 g/mol. The Morgan fingerprint density at radius 2 is 0.629 bits per heavy atom. The van der Waals surface area contributed by atoms with Gasteiger partial charge in [-0.2, -0.15) is 0 Å². The number of primary amides is 1. The van der Waals surface area contributed by atoms with Crippen molar-refractivity contribution in [2.75, 3.05) is 50.7 Å². The number of nitrogens with one attached hydrogen (secondary N) is 21. The lowest BCUT2D eigenvalue weighted by Gasteiger charge is -2.27. The first-order chi connectivity index (χ1) is 67.5. The molecule has 14 amide bonds. The van der Waals surface area contributed by atoms with Crippen LogP contribution in [0.15, 0.2) is 201 Å². The van der Waals surface area contributed by atoms with Gasteiger partial charge in [0.1, 0.15) is 48.3 Å². The number of benzene rings is 7. The topological polar surface area (TPSA) is 641 Å². The first-order valence-electron chi connectivity index (χ1n) is 46.3. The van der Waals surface area contributed by atoms with Crippen molar-refractivity contribution < 1.29 is 67.1 Å². The summed E-state index contributed by atoms with van der Waals surface area (Å²) in [4.78, 5) is 219. The molecule has 12 aromatic rings. The molecule has 5 aromatic heterocycles. The number of para-hydroxylation sites is 6. The van der Waals surface area contributed by atoms with Crippen LogP contribution in [0.1, 0.15) is 102 Å². The Labute approximate surface area is 805 Å². The molecule has 140 heavy (non-hydrogen) atoms. The normalized spacial score (nSPS) is 12.9. The number of hydrogen-bond donors (Lipinski definition) is 25. The van der Waals surface area contributed by atoms with Crippen molar-refractivity contribution in [3.05, 3.63) is 245 Å². The first-order valence-corrected chi connectivity index (χ1v) is 46.3. The third kappa shape index (κ3) is 29.2. The maximum Gasteiger partial charge on any atom is 0.243 e. The number of anilines is 1. The second-order valence-electron chi connectivity index (χ2n) is 34.3. The zero-order chi connectivity index (χ0) is 99.7. The Morgan fingerprint density at radius 3 is 1.04 bits per heavy atom. The molecule has 29 N–H and O–H groups in total. The molecule has 0 fully saturated rings. The van der Waals surface area contributed by atoms with E-state index in [4.69, 9.17) is 33.8 Å². The van der Waals surface area contributed by atoms with Crippen molar-refractivity contribution >= 4 is 155 Å². The van der Waals surface area contributed by atoms with Crippen molar-refractivity contribution in [2.45, 2.75) is 159 Å². The van der Waals surface area contributed by atoms with Gasteiger partial charge in [-0.25, -0.2) is 0 Å². The van der Waals surface area contributed by atoms with E-state index < -0.39 is 157 Å². The van der Waals surface area contributed by atoms with Crippen LogP contribution in [0.4, 0.5) is 5.69 Å². The number of carbonyl (C=O) groups is 14. The van der Waals surface area contributed by atoms with E-state index in [1.807, 2.05) is 159 Å². The molecule has 0 radical (unpaired) electrons. The number of rotatable bonds is 52. The van der Waals surface area contributed by atoms with Crippen LogP contribution in [0.5, 0.6) is 0 Å². The van der Waals surface area contributed by atoms with E-state index in [-0.39, 0.29) is 128 Å². The summed E-state index contributed by atoms with van der Waals surface area (Å²) in [6.07, 6.45) is 7.61. The number of carbonyl (C=O) groups excluding carboxylic acids is 14. The molecule has 0 spiro atoms. The highest BCUT2D eigenvalue weighted by molar-refractivity contribution is 6.02. The third-order valence-corrected chi connectivity index (χ3v) is 24.2. The highest BCUT2D eigenvalue weighted by atomic mass is 16.2. The summed E-state index contributed by atoms with van der Waals surface area (Å²) in [5.74, 6) is -11.8. The van der Waals surface area contributed by atoms with E-state index in [0.717, 1.165) is 38.5 Å². The molecule has 12 rings (SSSR count). The molecule has 0 bridgehead atoms. The second kappa shape index (κ2) is 50.2. The number of amides is 14. The summed E-state index contributed by atoms with van der Waals surface area (Å²) < 4.78 is 0. The molecule has 40 heteroatoms. The van der Waals surface area contributed by atoms with Gasteiger partial charge in [0.05, 0.1) is 32.7 Å². The largest absolute Gasteiger partial charge is 0.370 e. The van der Waals surface area contributed by atoms with Crippen molar-refractivity contribution in [3.63, 3.8) is 0 Å². The Morgan fingerprint density at radius 1 is 0.307 bits per heavy atom. The molecular weight excluding hydrogens is 1790 g/mol. The van der Waals surface area contributed by atoms with Crippen LogP contribution in [0, 0.1) is 24.7 Å². The van der Waals surface area contributed by atoms with E-state index >= 15 is 19.2 Å². The molecule has 7 aromatic carbocycles. The minimum atomic E-state index is -1.55. The molecule has 5 heterocycles. The average Bonchev–Trinajstić information content (AvgIpc) is 1.41. The zero-order valence-electron chi connectivity index (χ0n) is 77.7. The summed E-state index contributed by atoms with van der Waals surface area (Å²) in [7, 11) is 0. The third-order valence-electron chi connectivity index (χ3n) is 24.2. The van der Waals surface area contributed by atoms with E-state index in [1.165, 1.54) is 0 Å². The Hall–Kier alpha value is -16.7. The van der Waals surface area contributed by atoms with Crippen molar-refractivity contribution in [3.8, 4) is 0 Å². The fraction of sp³-hybridized carbons (Fsp3) is 0.320. The van der Waals surface area contributed by atoms with Crippen LogP contribution >= 0.6 is 0 Å². The highest BCUT2D eigenvalue weighted by Crippen LogP contribution is 2.29. The number of aromatic amines is 5. The van der Waals surface area contributed by atoms with Crippen LogP contribution < -0.4 is 102 Å². The monoisotopic (exact) mass is 1910 g/mol. The summed E-state index contributed by atoms with van der Waals surface area (Å²) in [5, 5.41) is 56.7. The van der Waals surface area contributed by atoms with Crippen molar-refractivity contribution in [1.29, 1.82) is 10.8 Å². The van der Waals surface area contributed by atoms with Gasteiger partial charge in [0.15, 0.2) is 11.9 Å². The lowest BCUT2D eigenvalue weighted by molar-refractivity contribution is -0.135. The van der Waals surface area contributed by atoms with Gasteiger partial charge in [-0.1, -0.05) is 133 Å². The molecular formula is C100H120N26O14. The summed E-state index contributed by atoms with van der Waals surface area (Å²) in [6.45, 7) is 1.64. The van der Waals surface area contributed by atoms with E-state index in [1.54, 1.807) is 60.1 Å². The lowest BCUT2D eigenvalue weighted by atomic mass is 9.99. The molecule has 0 saturated carbocycles. The number of guanidine groups is 2. The number of fused-ring (bicyclic) bond motifs is 5. The molecule has 0 saturated heterocycles. The van der Waals surface area contributed by atoms with Crippen molar-refractivity contribution in [1.82, 2.24) is 99.4 Å². The SMILES string of the molecule is Cc1ccccc1CN(C(=O)CCC(=O)NCCCCC(NC(=O)C(CCCNC(=N)N)NC(=O)CNC(=O)CN)C(=O)NC(CCCNC(=N)N)C(=O)NCC(=O)NCC(=O)NC(Cc1c[nH]c2ccccc12)C(=O)NC(Cc1c[nH]c2ccccc12)C(=O)NC(Cc1c[nH]c2ccccc12)C(=O)NC(Cc1c[nH]c2ccccc12)C(=O)NC(Cc1c[nH]c2ccccc12)C(N)=O)c1ccccc1C. The molecule has 8 unspecified atom stereocenters. The fourth-order valence-corrected chi connectivity index (χ4v) is 16.7. The van der Waals surface area contributed by atoms with Gasteiger partial charge in [0.25, 0.3) is 0 Å². The van der Waals surface area contributed by atoms with E-state index in [0.29, 0.717) is 66.2 Å². The number of aromatic nitrogens is 5. The predicted molar refractivity (Wildman–Crippen MR) is 531 cm³/mol. The number of nitrogens with zero attached hydrogens (tertiary/aromatic N) is 1. The van der Waals surface area contributed by atoms with Gasteiger partial charge >= 0.3 is 0 Å². The fourth-order valence-electron chi connectivity index (χ4n) is 16.7. The van der Waals surface area contributed by atoms with Gasteiger partial charge in [-0.15, -0.1) is 0 Å². The number of nitrogens with two attached hydrogens (primary N) is 4. The molecule has 0 aliphatic heterocycles. The summed E-state index contributed by atoms with van der Waals surface area (Å²) in [6, 6.07) is 40.1. The number of aryl methyl sites for hydroxylation is 2. The van der Waals surface area contributed by atoms with E-state index in [9.17, 15) is 47.9 Å². The van der Waals surface area contributed by atoms with Gasteiger partial charge in [-0.05, 0) is 140 Å². The van der Waals surface area contributed by atoms with Gasteiger partial charge in [0.2, 0.25) is 82.7 Å². The Bertz CT molecular complexity index is 6470. The maximum atomic E-state index is 15.8. The molecule has 8 atom stereocenters. The molecule has 734 valence electrons. The standard InChI is InChI=1S/C100H120N26O14/c1-58-21-3-5-23-60(58)57-126(84-37-16-4-22-59(84)2)90(132)39-38-85(127)107-40-18-17-34-78(121-93(135)77(36-20-42-109-100(105)106)118-88(130)55-115-86(128)48-101)94(136)120-76(35-19-41-108-99(103)104)92(134)117-54-87(129)116-56-89(131)119-80(44-62-50-111-72-30-12-7-25-67(62)72)95(137)123-82(46-64-52-113-74-32-14-9-27-69(64)74)97(139)125-83(47-65-53-114-75-33-15-10-28-70(65)75)98(140)124-81(45-63-51-112-73-31-13-8-26-68(63)73)96(138)122-79(91(102)133)43-61-49-110-71-29-11-6-24-66(61)71/h3-16,21-33,37,49-53,76-83,110-114H,17-20,34-36,38-48,54-57,101H2,1-2H3,(H2,102,133)(H,107,127)(H,115,128)(H,116,129)(H,117,134)(H,118,130)(H,119,131)(H,120,136)(H,121,135)(H,122,138)(H,123,137)(H,124,140)(H,125,139)(H4,103,104,108)(H4,105,106,109). The minimum Gasteiger partial charge on any atom is -0.370 e. The summed E-state index contributed by atoms with van der Waals surface area (Å²) in [5.41, 5.74) is 32.7. The van der Waals surface area contributed by atoms with E-state index in [2.05, 4.69) is 99.4 Å². The zero-order valence-corrected chi connectivity index (χ0v) is 77.7. The van der Waals surface area contributed by atoms with Crippen LogP contribution in [-0.4, -0.2) is 214 Å².